The molecule has 3 atom stereocenters. The number of benzene rings is 1. The second-order valence-corrected chi connectivity index (χ2v) is 7.49. The van der Waals surface area contributed by atoms with Crippen LogP contribution in [-0.4, -0.2) is 47.5 Å². The molecule has 1 unspecified atom stereocenters. The van der Waals surface area contributed by atoms with E-state index in [-0.39, 0.29) is 17.7 Å². The van der Waals surface area contributed by atoms with E-state index in [2.05, 4.69) is 51.5 Å². The number of amides is 3. The van der Waals surface area contributed by atoms with Crippen LogP contribution >= 0.6 is 0 Å². The van der Waals surface area contributed by atoms with Gasteiger partial charge in [-0.05, 0) is 37.0 Å². The topological polar surface area (TPSA) is 77.2 Å². The predicted octanol–water partition coefficient (Wildman–Crippen LogP) is 2.53. The number of urea groups is 1. The maximum atomic E-state index is 12.7. The highest BCUT2D eigenvalue weighted by Crippen LogP contribution is 2.44. The zero-order chi connectivity index (χ0) is 19.0. The Bertz CT molecular complexity index is 887. The minimum Gasteiger partial charge on any atom is -0.361 e. The summed E-state index contributed by atoms with van der Waals surface area (Å²) in [5.41, 5.74) is 3.82. The Balaban J connectivity index is 1.64. The number of hydrogen-bond acceptors (Lipinski definition) is 3. The third kappa shape index (κ3) is 3.14. The summed E-state index contributed by atoms with van der Waals surface area (Å²) in [6.45, 7) is 7.61. The molecule has 3 amide bonds. The highest BCUT2D eigenvalue weighted by Gasteiger charge is 2.42. The second kappa shape index (κ2) is 7.19. The molecule has 0 radical (unpaired) electrons. The molecule has 4 rings (SSSR count). The standard InChI is InChI=1S/C21H26N4O2/c1-3-8-25-12-14(20(26)24-21(27)22-4-2)9-16-15-6-5-7-17-19(15)13(11-23-17)10-18(16)25/h3,5-7,11,14,16,18,23H,1,4,8-10,12H2,2H3,(H2,22,24,26,27)/t14-,16?,18-/m1/s1. The van der Waals surface area contributed by atoms with Gasteiger partial charge in [-0.25, -0.2) is 4.79 Å². The number of likely N-dealkylation sites (tertiary alicyclic amines) is 1. The number of hydrogen-bond donors (Lipinski definition) is 3. The van der Waals surface area contributed by atoms with Crippen LogP contribution in [0.25, 0.3) is 10.9 Å². The highest BCUT2D eigenvalue weighted by atomic mass is 16.2. The van der Waals surface area contributed by atoms with E-state index in [9.17, 15) is 9.59 Å². The van der Waals surface area contributed by atoms with Gasteiger partial charge in [0.2, 0.25) is 5.91 Å². The van der Waals surface area contributed by atoms with Crippen LogP contribution in [0.15, 0.2) is 37.1 Å². The Hall–Kier alpha value is -2.60. The molecule has 0 bridgehead atoms. The molecule has 2 aliphatic rings. The number of H-pyrrole nitrogens is 1. The first-order valence-corrected chi connectivity index (χ1v) is 9.64. The summed E-state index contributed by atoms with van der Waals surface area (Å²) in [5.74, 6) is -0.138. The normalized spacial score (nSPS) is 24.3. The van der Waals surface area contributed by atoms with Crippen LogP contribution in [0.4, 0.5) is 4.79 Å². The summed E-state index contributed by atoms with van der Waals surface area (Å²) in [4.78, 5) is 30.2. The van der Waals surface area contributed by atoms with E-state index in [1.807, 2.05) is 13.0 Å². The van der Waals surface area contributed by atoms with E-state index in [1.165, 1.54) is 16.5 Å². The van der Waals surface area contributed by atoms with Crippen molar-refractivity contribution in [3.05, 3.63) is 48.2 Å². The van der Waals surface area contributed by atoms with Crippen LogP contribution in [-0.2, 0) is 11.2 Å². The molecule has 1 aromatic carbocycles. The lowest BCUT2D eigenvalue weighted by atomic mass is 9.72. The fourth-order valence-corrected chi connectivity index (χ4v) is 4.78. The van der Waals surface area contributed by atoms with Gasteiger partial charge < -0.3 is 10.3 Å². The third-order valence-corrected chi connectivity index (χ3v) is 5.88. The van der Waals surface area contributed by atoms with Crippen molar-refractivity contribution in [3.63, 3.8) is 0 Å². The van der Waals surface area contributed by atoms with E-state index >= 15 is 0 Å². The van der Waals surface area contributed by atoms with Gasteiger partial charge in [-0.1, -0.05) is 18.2 Å². The van der Waals surface area contributed by atoms with E-state index in [0.717, 1.165) is 24.9 Å². The van der Waals surface area contributed by atoms with Crippen LogP contribution in [0.2, 0.25) is 0 Å². The van der Waals surface area contributed by atoms with Crippen molar-refractivity contribution in [2.24, 2.45) is 5.92 Å². The fourth-order valence-electron chi connectivity index (χ4n) is 4.78. The maximum Gasteiger partial charge on any atom is 0.321 e. The van der Waals surface area contributed by atoms with Crippen molar-refractivity contribution in [2.75, 3.05) is 19.6 Å². The molecule has 6 nitrogen and oxygen atoms in total. The summed E-state index contributed by atoms with van der Waals surface area (Å²) < 4.78 is 0. The Labute approximate surface area is 159 Å². The van der Waals surface area contributed by atoms with Crippen molar-refractivity contribution in [1.82, 2.24) is 20.5 Å². The highest BCUT2D eigenvalue weighted by molar-refractivity contribution is 5.96. The molecule has 1 saturated heterocycles. The average molecular weight is 366 g/mol. The Morgan fingerprint density at radius 1 is 1.41 bits per heavy atom. The molecular formula is C21H26N4O2. The lowest BCUT2D eigenvalue weighted by Crippen LogP contribution is -2.54. The summed E-state index contributed by atoms with van der Waals surface area (Å²) in [7, 11) is 0. The van der Waals surface area contributed by atoms with Gasteiger partial charge >= 0.3 is 6.03 Å². The molecule has 1 fully saturated rings. The van der Waals surface area contributed by atoms with Gasteiger partial charge in [0, 0.05) is 48.7 Å². The number of imide groups is 1. The van der Waals surface area contributed by atoms with E-state index in [1.54, 1.807) is 0 Å². The molecule has 1 aromatic heterocycles. The molecule has 0 saturated carbocycles. The zero-order valence-electron chi connectivity index (χ0n) is 15.6. The van der Waals surface area contributed by atoms with Crippen LogP contribution in [0.3, 0.4) is 0 Å². The lowest BCUT2D eigenvalue weighted by molar-refractivity contribution is -0.126. The van der Waals surface area contributed by atoms with Gasteiger partial charge in [0.1, 0.15) is 0 Å². The molecule has 2 aromatic rings. The van der Waals surface area contributed by atoms with Gasteiger partial charge in [0.25, 0.3) is 0 Å². The van der Waals surface area contributed by atoms with Gasteiger partial charge in [0.15, 0.2) is 0 Å². The molecule has 27 heavy (non-hydrogen) atoms. The predicted molar refractivity (Wildman–Crippen MR) is 106 cm³/mol. The first-order valence-electron chi connectivity index (χ1n) is 9.64. The zero-order valence-corrected chi connectivity index (χ0v) is 15.6. The molecule has 1 aliphatic heterocycles. The Morgan fingerprint density at radius 3 is 3.04 bits per heavy atom. The van der Waals surface area contributed by atoms with E-state index < -0.39 is 6.03 Å². The number of carbonyl (C=O) groups is 2. The van der Waals surface area contributed by atoms with Gasteiger partial charge in [-0.2, -0.15) is 0 Å². The maximum absolute atomic E-state index is 12.7. The van der Waals surface area contributed by atoms with E-state index in [0.29, 0.717) is 19.1 Å². The number of nitrogens with one attached hydrogen (secondary N) is 3. The second-order valence-electron chi connectivity index (χ2n) is 7.49. The van der Waals surface area contributed by atoms with Crippen molar-refractivity contribution < 1.29 is 9.59 Å². The molecular weight excluding hydrogens is 340 g/mol. The number of rotatable bonds is 4. The Morgan fingerprint density at radius 2 is 2.26 bits per heavy atom. The first-order chi connectivity index (χ1) is 13.1. The van der Waals surface area contributed by atoms with E-state index in [4.69, 9.17) is 0 Å². The summed E-state index contributed by atoms with van der Waals surface area (Å²) >= 11 is 0. The summed E-state index contributed by atoms with van der Waals surface area (Å²) in [5, 5.41) is 6.44. The average Bonchev–Trinajstić information content (AvgIpc) is 3.07. The monoisotopic (exact) mass is 366 g/mol. The van der Waals surface area contributed by atoms with Gasteiger partial charge in [0.05, 0.1) is 5.92 Å². The quantitative estimate of drug-likeness (QED) is 0.728. The number of aromatic nitrogens is 1. The molecule has 0 spiro atoms. The number of aromatic amines is 1. The van der Waals surface area contributed by atoms with Crippen molar-refractivity contribution in [3.8, 4) is 0 Å². The van der Waals surface area contributed by atoms with Crippen molar-refractivity contribution >= 4 is 22.8 Å². The fraction of sp³-hybridized carbons (Fsp3) is 0.429. The SMILES string of the molecule is C=CCN1C[C@H](C(=O)NC(=O)NCC)CC2c3cccc4[nH]cc(c34)C[C@H]21. The minimum absolute atomic E-state index is 0.194. The smallest absolute Gasteiger partial charge is 0.321 e. The van der Waals surface area contributed by atoms with Gasteiger partial charge in [-0.3, -0.25) is 15.0 Å². The molecule has 1 aliphatic carbocycles. The van der Waals surface area contributed by atoms with Crippen LogP contribution in [0.5, 0.6) is 0 Å². The third-order valence-electron chi connectivity index (χ3n) is 5.88. The molecule has 3 N–H and O–H groups in total. The van der Waals surface area contributed by atoms with Gasteiger partial charge in [-0.15, -0.1) is 6.58 Å². The number of piperidine rings is 1. The van der Waals surface area contributed by atoms with Crippen molar-refractivity contribution in [1.29, 1.82) is 0 Å². The number of fused-ring (bicyclic) bond motifs is 2. The van der Waals surface area contributed by atoms with Crippen LogP contribution < -0.4 is 10.6 Å². The molecule has 6 heteroatoms. The van der Waals surface area contributed by atoms with Crippen molar-refractivity contribution in [2.45, 2.75) is 31.7 Å². The summed E-state index contributed by atoms with van der Waals surface area (Å²) in [6, 6.07) is 6.30. The lowest BCUT2D eigenvalue weighted by Gasteiger charge is -2.46. The first kappa shape index (κ1) is 17.8. The molecule has 2 heterocycles. The van der Waals surface area contributed by atoms with Crippen LogP contribution in [0.1, 0.15) is 30.4 Å². The van der Waals surface area contributed by atoms with Crippen LogP contribution in [0, 0.1) is 5.92 Å². The Kier molecular flexibility index (Phi) is 4.74. The number of carbonyl (C=O) groups excluding carboxylic acids is 2. The minimum atomic E-state index is -0.418. The molecule has 142 valence electrons. The largest absolute Gasteiger partial charge is 0.361 e. The summed E-state index contributed by atoms with van der Waals surface area (Å²) in [6.07, 6.45) is 5.74. The number of nitrogens with zero attached hydrogens (tertiary/aromatic N) is 1.